The fourth-order valence-electron chi connectivity index (χ4n) is 16.8. The Morgan fingerprint density at radius 1 is 0.776 bits per heavy atom. The molecule has 10 aliphatic carbocycles. The third-order valence-corrected chi connectivity index (χ3v) is 18.7. The molecule has 0 radical (unpaired) electrons. The molecule has 0 amide bonds. The van der Waals surface area contributed by atoms with Crippen molar-refractivity contribution >= 4 is 17.9 Å². The van der Waals surface area contributed by atoms with Crippen molar-refractivity contribution in [2.45, 2.75) is 199 Å². The molecule has 1 N–H and O–H groups in total. The van der Waals surface area contributed by atoms with E-state index in [1.54, 1.807) is 0 Å². The molecule has 10 saturated carbocycles. The molecule has 11 rings (SSSR count). The van der Waals surface area contributed by atoms with Gasteiger partial charge < -0.3 is 24.1 Å². The molecule has 0 aromatic heterocycles. The van der Waals surface area contributed by atoms with E-state index in [0.29, 0.717) is 67.1 Å². The standard InChI is InChI=1S/C50H76O8/c1-9-11-39(44(52)56-41-35-19-34-12-29(4)55-42(41)38(34)20-35)47(7,8)26-40(45(53)58-50(10-2)36-15-30-13-31(17-36)18-37(50)16-30)46(5,6)21-28(3)43(51)57-49-24-32-14-33(25-49)23-48(54,22-32)27-49/h28,30-42,54H,4,9-27H2,1-3,5-8H3. The van der Waals surface area contributed by atoms with Crippen LogP contribution in [-0.2, 0) is 33.3 Å². The first kappa shape index (κ1) is 41.3. The van der Waals surface area contributed by atoms with Crippen LogP contribution in [0.25, 0.3) is 0 Å². The van der Waals surface area contributed by atoms with Gasteiger partial charge in [-0.15, -0.1) is 0 Å². The fraction of sp³-hybridized carbons (Fsp3) is 0.900. The first-order valence-electron chi connectivity index (χ1n) is 24.1. The van der Waals surface area contributed by atoms with E-state index in [1.165, 1.54) is 6.42 Å². The molecule has 10 bridgehead atoms. The van der Waals surface area contributed by atoms with Crippen LogP contribution in [0.5, 0.6) is 0 Å². The Bertz CT molecular complexity index is 1600. The molecule has 324 valence electrons. The topological polar surface area (TPSA) is 108 Å². The second kappa shape index (κ2) is 14.5. The minimum atomic E-state index is -0.714. The van der Waals surface area contributed by atoms with Crippen LogP contribution in [0.1, 0.15) is 170 Å². The number of allylic oxidation sites excluding steroid dienone is 1. The van der Waals surface area contributed by atoms with Crippen molar-refractivity contribution in [3.8, 4) is 0 Å². The third-order valence-electron chi connectivity index (χ3n) is 18.7. The van der Waals surface area contributed by atoms with Gasteiger partial charge in [-0.25, -0.2) is 0 Å². The van der Waals surface area contributed by atoms with Crippen LogP contribution in [-0.4, -0.2) is 52.0 Å². The van der Waals surface area contributed by atoms with E-state index in [0.717, 1.165) is 107 Å². The summed E-state index contributed by atoms with van der Waals surface area (Å²) in [5.41, 5.74) is -2.96. The highest BCUT2D eigenvalue weighted by molar-refractivity contribution is 5.77. The Hall–Kier alpha value is -2.09. The molecule has 0 aromatic rings. The van der Waals surface area contributed by atoms with Crippen molar-refractivity contribution in [1.29, 1.82) is 0 Å². The van der Waals surface area contributed by atoms with Gasteiger partial charge in [-0.05, 0) is 155 Å². The predicted octanol–water partition coefficient (Wildman–Crippen LogP) is 10.1. The van der Waals surface area contributed by atoms with E-state index < -0.39 is 45.4 Å². The predicted molar refractivity (Wildman–Crippen MR) is 221 cm³/mol. The Morgan fingerprint density at radius 3 is 2.00 bits per heavy atom. The van der Waals surface area contributed by atoms with Gasteiger partial charge in [0.2, 0.25) is 0 Å². The molecule has 1 saturated heterocycles. The summed E-state index contributed by atoms with van der Waals surface area (Å²) in [7, 11) is 0. The summed E-state index contributed by atoms with van der Waals surface area (Å²) in [6, 6.07) is 0. The number of fused-ring (bicyclic) bond motifs is 1. The highest BCUT2D eigenvalue weighted by atomic mass is 16.6. The summed E-state index contributed by atoms with van der Waals surface area (Å²) in [5, 5.41) is 11.4. The molecule has 11 fully saturated rings. The molecule has 1 heterocycles. The highest BCUT2D eigenvalue weighted by Gasteiger charge is 2.62. The van der Waals surface area contributed by atoms with E-state index in [-0.39, 0.29) is 30.1 Å². The number of carbonyl (C=O) groups is 3. The number of esters is 3. The lowest BCUT2D eigenvalue weighted by Crippen LogP contribution is -2.60. The van der Waals surface area contributed by atoms with Crippen molar-refractivity contribution in [3.05, 3.63) is 12.3 Å². The molecule has 0 aromatic carbocycles. The Balaban J connectivity index is 0.956. The van der Waals surface area contributed by atoms with Crippen LogP contribution in [0.4, 0.5) is 0 Å². The molecule has 11 aliphatic rings. The monoisotopic (exact) mass is 805 g/mol. The molecule has 0 spiro atoms. The van der Waals surface area contributed by atoms with Gasteiger partial charge in [0.1, 0.15) is 23.4 Å². The quantitative estimate of drug-likeness (QED) is 0.129. The van der Waals surface area contributed by atoms with Crippen molar-refractivity contribution < 1.29 is 38.4 Å². The fourth-order valence-corrected chi connectivity index (χ4v) is 16.8. The zero-order valence-electron chi connectivity index (χ0n) is 37.0. The Kier molecular flexibility index (Phi) is 10.3. The first-order chi connectivity index (χ1) is 27.3. The Labute approximate surface area is 349 Å². The highest BCUT2D eigenvalue weighted by Crippen LogP contribution is 2.62. The third kappa shape index (κ3) is 7.09. The lowest BCUT2D eigenvalue weighted by Gasteiger charge is -2.60. The summed E-state index contributed by atoms with van der Waals surface area (Å²) >= 11 is 0. The molecule has 1 aliphatic heterocycles. The zero-order valence-corrected chi connectivity index (χ0v) is 37.0. The van der Waals surface area contributed by atoms with E-state index in [1.807, 2.05) is 6.92 Å². The van der Waals surface area contributed by atoms with Crippen molar-refractivity contribution in [1.82, 2.24) is 0 Å². The molecular weight excluding hydrogens is 729 g/mol. The van der Waals surface area contributed by atoms with Crippen molar-refractivity contribution in [2.75, 3.05) is 0 Å². The van der Waals surface area contributed by atoms with E-state index in [4.69, 9.17) is 18.9 Å². The minimum absolute atomic E-state index is 0.102. The van der Waals surface area contributed by atoms with Gasteiger partial charge in [0.15, 0.2) is 0 Å². The summed E-state index contributed by atoms with van der Waals surface area (Å²) < 4.78 is 26.4. The van der Waals surface area contributed by atoms with Crippen LogP contribution in [0.3, 0.4) is 0 Å². The summed E-state index contributed by atoms with van der Waals surface area (Å²) in [4.78, 5) is 44.0. The number of hydrogen-bond acceptors (Lipinski definition) is 8. The largest absolute Gasteiger partial charge is 0.491 e. The maximum Gasteiger partial charge on any atom is 0.310 e. The van der Waals surface area contributed by atoms with Gasteiger partial charge in [0.25, 0.3) is 0 Å². The van der Waals surface area contributed by atoms with E-state index in [9.17, 15) is 14.7 Å². The van der Waals surface area contributed by atoms with E-state index in [2.05, 4.69) is 48.1 Å². The van der Waals surface area contributed by atoms with Crippen LogP contribution in [0.15, 0.2) is 12.3 Å². The average Bonchev–Trinajstić information content (AvgIpc) is 3.69. The Morgan fingerprint density at radius 2 is 1.40 bits per heavy atom. The molecule has 10 atom stereocenters. The maximum absolute atomic E-state index is 15.3. The van der Waals surface area contributed by atoms with Crippen LogP contribution >= 0.6 is 0 Å². The van der Waals surface area contributed by atoms with Crippen LogP contribution < -0.4 is 0 Å². The number of rotatable bonds is 15. The van der Waals surface area contributed by atoms with Crippen LogP contribution in [0, 0.1) is 81.8 Å². The SMILES string of the molecule is C=C1CC2CC3CC2C(O1)C3OC(=O)C(CCC)C(C)(C)CC(C(=O)OC1(CC)C2CC3CC(C2)CC1C3)C(C)(C)CC(C)C(=O)OC12CC3CC(CC(O)(C3)C1)C2. The van der Waals surface area contributed by atoms with Gasteiger partial charge >= 0.3 is 17.9 Å². The normalized spacial score (nSPS) is 44.5. The zero-order chi connectivity index (χ0) is 41.2. The van der Waals surface area contributed by atoms with Gasteiger partial charge in [-0.1, -0.05) is 61.5 Å². The average molecular weight is 805 g/mol. The molecular formula is C50H76O8. The summed E-state index contributed by atoms with van der Waals surface area (Å²) in [6.07, 6.45) is 16.9. The van der Waals surface area contributed by atoms with E-state index >= 15 is 4.79 Å². The first-order valence-corrected chi connectivity index (χ1v) is 24.1. The molecule has 10 unspecified atom stereocenters. The molecule has 8 nitrogen and oxygen atoms in total. The van der Waals surface area contributed by atoms with Crippen molar-refractivity contribution in [2.24, 2.45) is 81.8 Å². The number of aliphatic hydroxyl groups is 1. The number of carbonyl (C=O) groups excluding carboxylic acids is 3. The number of ether oxygens (including phenoxy) is 4. The summed E-state index contributed by atoms with van der Waals surface area (Å²) in [6.45, 7) is 19.0. The van der Waals surface area contributed by atoms with Crippen molar-refractivity contribution in [3.63, 3.8) is 0 Å². The second-order valence-electron chi connectivity index (χ2n) is 23.9. The minimum Gasteiger partial charge on any atom is -0.491 e. The number of hydrogen-bond donors (Lipinski definition) is 1. The lowest BCUT2D eigenvalue weighted by atomic mass is 9.49. The molecule has 8 heteroatoms. The maximum atomic E-state index is 15.3. The van der Waals surface area contributed by atoms with Gasteiger partial charge in [-0.3, -0.25) is 14.4 Å². The van der Waals surface area contributed by atoms with Gasteiger partial charge in [0.05, 0.1) is 29.1 Å². The molecule has 58 heavy (non-hydrogen) atoms. The van der Waals surface area contributed by atoms with Gasteiger partial charge in [0, 0.05) is 24.7 Å². The summed E-state index contributed by atoms with van der Waals surface area (Å²) in [5.74, 6) is 3.38. The lowest BCUT2D eigenvalue weighted by molar-refractivity contribution is -0.224. The smallest absolute Gasteiger partial charge is 0.310 e. The van der Waals surface area contributed by atoms with Gasteiger partial charge in [-0.2, -0.15) is 0 Å². The van der Waals surface area contributed by atoms with Crippen LogP contribution in [0.2, 0.25) is 0 Å². The second-order valence-corrected chi connectivity index (χ2v) is 23.9.